The second kappa shape index (κ2) is 3.19. The normalized spacial score (nSPS) is 11.9. The average Bonchev–Trinajstić information content (AvgIpc) is 2.58. The van der Waals surface area contributed by atoms with Crippen LogP contribution >= 0.6 is 0 Å². The standard InChI is InChI=1S/C8H5F3N4O/c9-8(10,11)5-1-2-6-13-4(7(12)16)3-15(6)14-5/h1-3H,(H2,12,16). The Bertz CT molecular complexity index is 560. The first kappa shape index (κ1) is 10.4. The summed E-state index contributed by atoms with van der Waals surface area (Å²) >= 11 is 0. The molecule has 2 aromatic rings. The maximum absolute atomic E-state index is 12.3. The van der Waals surface area contributed by atoms with E-state index in [9.17, 15) is 18.0 Å². The molecule has 5 nitrogen and oxygen atoms in total. The van der Waals surface area contributed by atoms with Crippen LogP contribution < -0.4 is 5.73 Å². The van der Waals surface area contributed by atoms with Gasteiger partial charge in [0.15, 0.2) is 11.3 Å². The van der Waals surface area contributed by atoms with E-state index >= 15 is 0 Å². The SMILES string of the molecule is NC(=O)c1cn2nc(C(F)(F)F)ccc2n1. The third-order valence-corrected chi connectivity index (χ3v) is 1.86. The number of rotatable bonds is 1. The van der Waals surface area contributed by atoms with E-state index in [0.717, 1.165) is 22.8 Å². The van der Waals surface area contributed by atoms with Crippen LogP contribution in [0, 0.1) is 0 Å². The van der Waals surface area contributed by atoms with Crippen molar-refractivity contribution in [2.45, 2.75) is 6.18 Å². The van der Waals surface area contributed by atoms with Crippen molar-refractivity contribution in [1.82, 2.24) is 14.6 Å². The molecule has 2 rings (SSSR count). The zero-order valence-electron chi connectivity index (χ0n) is 7.69. The number of imidazole rings is 1. The Morgan fingerprint density at radius 3 is 2.62 bits per heavy atom. The highest BCUT2D eigenvalue weighted by Crippen LogP contribution is 2.27. The summed E-state index contributed by atoms with van der Waals surface area (Å²) in [4.78, 5) is 14.4. The highest BCUT2D eigenvalue weighted by molar-refractivity contribution is 5.91. The van der Waals surface area contributed by atoms with Crippen LogP contribution in [0.2, 0.25) is 0 Å². The van der Waals surface area contributed by atoms with Crippen molar-refractivity contribution in [1.29, 1.82) is 0 Å². The predicted octanol–water partition coefficient (Wildman–Crippen LogP) is 0.847. The van der Waals surface area contributed by atoms with Gasteiger partial charge in [0.05, 0.1) is 6.20 Å². The number of nitrogens with zero attached hydrogens (tertiary/aromatic N) is 3. The van der Waals surface area contributed by atoms with E-state index in [4.69, 9.17) is 5.73 Å². The summed E-state index contributed by atoms with van der Waals surface area (Å²) in [5.74, 6) is -0.820. The summed E-state index contributed by atoms with van der Waals surface area (Å²) in [6.45, 7) is 0. The molecule has 0 atom stereocenters. The van der Waals surface area contributed by atoms with E-state index in [1.54, 1.807) is 0 Å². The highest BCUT2D eigenvalue weighted by atomic mass is 19.4. The number of primary amides is 1. The van der Waals surface area contributed by atoms with Gasteiger partial charge in [-0.25, -0.2) is 9.50 Å². The second-order valence-electron chi connectivity index (χ2n) is 3.01. The Labute approximate surface area is 86.7 Å². The Hall–Kier alpha value is -2.12. The Morgan fingerprint density at radius 1 is 1.38 bits per heavy atom. The van der Waals surface area contributed by atoms with Gasteiger partial charge < -0.3 is 5.73 Å². The second-order valence-corrected chi connectivity index (χ2v) is 3.01. The fraction of sp³-hybridized carbons (Fsp3) is 0.125. The number of aromatic nitrogens is 3. The number of hydrogen-bond acceptors (Lipinski definition) is 3. The molecule has 1 amide bonds. The molecular formula is C8H5F3N4O. The van der Waals surface area contributed by atoms with Gasteiger partial charge in [-0.15, -0.1) is 0 Å². The fourth-order valence-electron chi connectivity index (χ4n) is 1.15. The molecule has 0 spiro atoms. The summed E-state index contributed by atoms with van der Waals surface area (Å²) in [7, 11) is 0. The average molecular weight is 230 g/mol. The molecule has 2 heterocycles. The molecule has 2 N–H and O–H groups in total. The van der Waals surface area contributed by atoms with Crippen LogP contribution in [0.15, 0.2) is 18.3 Å². The topological polar surface area (TPSA) is 73.3 Å². The first-order chi connectivity index (χ1) is 7.38. The van der Waals surface area contributed by atoms with Gasteiger partial charge in [-0.3, -0.25) is 4.79 Å². The number of amides is 1. The zero-order chi connectivity index (χ0) is 11.9. The zero-order valence-corrected chi connectivity index (χ0v) is 7.69. The van der Waals surface area contributed by atoms with Gasteiger partial charge in [-0.05, 0) is 12.1 Å². The molecule has 0 aromatic carbocycles. The maximum atomic E-state index is 12.3. The summed E-state index contributed by atoms with van der Waals surface area (Å²) in [6, 6.07) is 1.90. The van der Waals surface area contributed by atoms with E-state index in [0.29, 0.717) is 0 Å². The molecule has 16 heavy (non-hydrogen) atoms. The first-order valence-corrected chi connectivity index (χ1v) is 4.11. The van der Waals surface area contributed by atoms with Crippen molar-refractivity contribution in [3.05, 3.63) is 29.7 Å². The minimum Gasteiger partial charge on any atom is -0.364 e. The van der Waals surface area contributed by atoms with Crippen LogP contribution in [-0.4, -0.2) is 20.5 Å². The van der Waals surface area contributed by atoms with Gasteiger partial charge in [-0.1, -0.05) is 0 Å². The fourth-order valence-corrected chi connectivity index (χ4v) is 1.15. The van der Waals surface area contributed by atoms with Crippen molar-refractivity contribution < 1.29 is 18.0 Å². The first-order valence-electron chi connectivity index (χ1n) is 4.11. The molecule has 0 bridgehead atoms. The number of hydrogen-bond donors (Lipinski definition) is 1. The third-order valence-electron chi connectivity index (χ3n) is 1.86. The number of halogens is 3. The van der Waals surface area contributed by atoms with Crippen LogP contribution in [-0.2, 0) is 6.18 Å². The van der Waals surface area contributed by atoms with E-state index in [1.165, 1.54) is 0 Å². The minimum absolute atomic E-state index is 0.127. The Balaban J connectivity index is 2.58. The van der Waals surface area contributed by atoms with Crippen molar-refractivity contribution >= 4 is 11.6 Å². The van der Waals surface area contributed by atoms with E-state index < -0.39 is 17.8 Å². The van der Waals surface area contributed by atoms with E-state index in [-0.39, 0.29) is 11.3 Å². The third kappa shape index (κ3) is 1.69. The molecule has 0 saturated carbocycles. The molecule has 0 aliphatic carbocycles. The summed E-state index contributed by atoms with van der Waals surface area (Å²) in [5, 5.41) is 3.27. The lowest BCUT2D eigenvalue weighted by Gasteiger charge is -2.04. The van der Waals surface area contributed by atoms with Gasteiger partial charge in [-0.2, -0.15) is 18.3 Å². The number of nitrogens with two attached hydrogens (primary N) is 1. The molecular weight excluding hydrogens is 225 g/mol. The van der Waals surface area contributed by atoms with Gasteiger partial charge in [0, 0.05) is 0 Å². The van der Waals surface area contributed by atoms with Crippen LogP contribution in [0.25, 0.3) is 5.65 Å². The van der Waals surface area contributed by atoms with Gasteiger partial charge >= 0.3 is 6.18 Å². The molecule has 8 heteroatoms. The molecule has 2 aromatic heterocycles. The van der Waals surface area contributed by atoms with Gasteiger partial charge in [0.2, 0.25) is 0 Å². The lowest BCUT2D eigenvalue weighted by atomic mass is 10.4. The van der Waals surface area contributed by atoms with Crippen LogP contribution in [0.3, 0.4) is 0 Å². The summed E-state index contributed by atoms with van der Waals surface area (Å²) in [6.07, 6.45) is -3.49. The van der Waals surface area contributed by atoms with Gasteiger partial charge in [0.25, 0.3) is 5.91 Å². The largest absolute Gasteiger partial charge is 0.435 e. The quantitative estimate of drug-likeness (QED) is 0.789. The van der Waals surface area contributed by atoms with E-state index in [2.05, 4.69) is 10.1 Å². The predicted molar refractivity (Wildman–Crippen MR) is 46.5 cm³/mol. The molecule has 0 aliphatic heterocycles. The Morgan fingerprint density at radius 2 is 2.06 bits per heavy atom. The number of carbonyl (C=O) groups is 1. The lowest BCUT2D eigenvalue weighted by molar-refractivity contribution is -0.141. The molecule has 84 valence electrons. The molecule has 0 aliphatic rings. The molecule has 0 unspecified atom stereocenters. The summed E-state index contributed by atoms with van der Waals surface area (Å²) in [5.41, 5.74) is 3.87. The van der Waals surface area contributed by atoms with Crippen molar-refractivity contribution in [2.75, 3.05) is 0 Å². The highest BCUT2D eigenvalue weighted by Gasteiger charge is 2.33. The molecule has 0 fully saturated rings. The molecule has 0 saturated heterocycles. The number of carbonyl (C=O) groups excluding carboxylic acids is 1. The van der Waals surface area contributed by atoms with Crippen LogP contribution in [0.1, 0.15) is 16.2 Å². The monoisotopic (exact) mass is 230 g/mol. The van der Waals surface area contributed by atoms with E-state index in [1.807, 2.05) is 0 Å². The van der Waals surface area contributed by atoms with Gasteiger partial charge in [0.1, 0.15) is 5.69 Å². The Kier molecular flexibility index (Phi) is 2.07. The van der Waals surface area contributed by atoms with Crippen molar-refractivity contribution in [3.63, 3.8) is 0 Å². The van der Waals surface area contributed by atoms with Crippen LogP contribution in [0.4, 0.5) is 13.2 Å². The summed E-state index contributed by atoms with van der Waals surface area (Å²) < 4.78 is 37.7. The number of fused-ring (bicyclic) bond motifs is 1. The minimum atomic E-state index is -4.54. The lowest BCUT2D eigenvalue weighted by Crippen LogP contribution is -2.11. The van der Waals surface area contributed by atoms with Crippen molar-refractivity contribution in [2.24, 2.45) is 5.73 Å². The van der Waals surface area contributed by atoms with Crippen molar-refractivity contribution in [3.8, 4) is 0 Å². The van der Waals surface area contributed by atoms with Crippen LogP contribution in [0.5, 0.6) is 0 Å². The number of alkyl halides is 3. The molecule has 0 radical (unpaired) electrons. The maximum Gasteiger partial charge on any atom is 0.435 e. The smallest absolute Gasteiger partial charge is 0.364 e.